The number of pyridine rings is 1. The number of rotatable bonds is 3. The molecule has 0 aliphatic heterocycles. The van der Waals surface area contributed by atoms with Crippen molar-refractivity contribution >= 4 is 21.9 Å². The predicted octanol–water partition coefficient (Wildman–Crippen LogP) is 6.15. The quantitative estimate of drug-likeness (QED) is 0.452. The van der Waals surface area contributed by atoms with Gasteiger partial charge in [-0.2, -0.15) is 0 Å². The Balaban J connectivity index is 1.91. The molecule has 0 aliphatic rings. The monoisotopic (exact) mass is 320 g/mol. The lowest BCUT2D eigenvalue weighted by molar-refractivity contribution is 0.647. The average Bonchev–Trinajstić information content (AvgIpc) is 3.05. The van der Waals surface area contributed by atoms with Gasteiger partial charge in [-0.15, -0.1) is 0 Å². The molecule has 2 nitrogen and oxygen atoms in total. The molecule has 2 aromatic carbocycles. The Labute approximate surface area is 149 Å². The molecular formula is C22H21NO. The van der Waals surface area contributed by atoms with Crippen LogP contribution < -0.4 is 0 Å². The zero-order valence-corrected chi connectivity index (χ0v) is 13.6. The first-order chi connectivity index (χ1) is 13.6. The third-order valence-corrected chi connectivity index (χ3v) is 3.99. The molecule has 2 heterocycles. The Kier molecular flexibility index (Phi) is 2.48. The Morgan fingerprint density at radius 3 is 2.88 bits per heavy atom. The molecule has 4 aromatic rings. The molecule has 0 saturated heterocycles. The van der Waals surface area contributed by atoms with E-state index in [4.69, 9.17) is 11.3 Å². The first-order valence-electron chi connectivity index (χ1n) is 10.5. The van der Waals surface area contributed by atoms with E-state index in [0.717, 1.165) is 16.3 Å². The van der Waals surface area contributed by atoms with E-state index >= 15 is 0 Å². The lowest BCUT2D eigenvalue weighted by atomic mass is 10.0. The second-order valence-corrected chi connectivity index (χ2v) is 6.22. The van der Waals surface area contributed by atoms with Crippen LogP contribution in [0.5, 0.6) is 0 Å². The molecule has 2 aromatic heterocycles. The molecule has 0 spiro atoms. The third-order valence-electron chi connectivity index (χ3n) is 3.99. The Morgan fingerprint density at radius 1 is 1.12 bits per heavy atom. The molecule has 0 N–H and O–H groups in total. The molecule has 0 atom stereocenters. The van der Waals surface area contributed by atoms with Crippen LogP contribution in [0.4, 0.5) is 0 Å². The van der Waals surface area contributed by atoms with Gasteiger partial charge in [0.25, 0.3) is 0 Å². The van der Waals surface area contributed by atoms with Crippen LogP contribution >= 0.6 is 0 Å². The van der Waals surface area contributed by atoms with Gasteiger partial charge in [-0.1, -0.05) is 38.1 Å². The zero-order chi connectivity index (χ0) is 21.0. The second-order valence-electron chi connectivity index (χ2n) is 6.22. The summed E-state index contributed by atoms with van der Waals surface area (Å²) in [6.07, 6.45) is 0.132. The van der Waals surface area contributed by atoms with Crippen LogP contribution in [-0.4, -0.2) is 4.98 Å². The molecule has 2 heteroatoms. The number of benzene rings is 2. The minimum absolute atomic E-state index is 0.182. The zero-order valence-electron chi connectivity index (χ0n) is 18.6. The predicted molar refractivity (Wildman–Crippen MR) is 100 cm³/mol. The fourth-order valence-corrected chi connectivity index (χ4v) is 3.00. The van der Waals surface area contributed by atoms with Crippen molar-refractivity contribution in [1.82, 2.24) is 4.98 Å². The molecule has 24 heavy (non-hydrogen) atoms. The Bertz CT molecular complexity index is 1210. The van der Waals surface area contributed by atoms with Crippen LogP contribution in [0, 0.1) is 12.8 Å². The summed E-state index contributed by atoms with van der Waals surface area (Å²) in [7, 11) is 0. The lowest BCUT2D eigenvalue weighted by Gasteiger charge is -2.07. The minimum atomic E-state index is -2.20. The maximum atomic E-state index is 8.38. The summed E-state index contributed by atoms with van der Waals surface area (Å²) in [4.78, 5) is 4.44. The van der Waals surface area contributed by atoms with Gasteiger partial charge in [0, 0.05) is 29.4 Å². The van der Waals surface area contributed by atoms with Crippen molar-refractivity contribution in [3.8, 4) is 11.3 Å². The fourth-order valence-electron chi connectivity index (χ4n) is 3.00. The second kappa shape index (κ2) is 5.79. The van der Waals surface area contributed by atoms with Gasteiger partial charge in [0.1, 0.15) is 11.2 Å². The first kappa shape index (κ1) is 10.3. The standard InChI is InChI=1S/C22H21NO/c1-14(2)11-16-9-10-23-20(13-16)19-6-4-5-18-17-8-7-15(3)12-21(17)24-22(18)19/h4-10,12-14H,11H2,1-3H3/i3D3,11D2. The molecule has 4 rings (SSSR count). The number of furan rings is 1. The van der Waals surface area contributed by atoms with Crippen LogP contribution in [0.25, 0.3) is 33.2 Å². The lowest BCUT2D eigenvalue weighted by Crippen LogP contribution is -1.95. The normalized spacial score (nSPS) is 15.9. The summed E-state index contributed by atoms with van der Waals surface area (Å²) in [5, 5.41) is 1.71. The maximum absolute atomic E-state index is 8.38. The average molecular weight is 320 g/mol. The molecule has 120 valence electrons. The molecular weight excluding hydrogens is 294 g/mol. The van der Waals surface area contributed by atoms with E-state index in [2.05, 4.69) is 4.98 Å². The van der Waals surface area contributed by atoms with Gasteiger partial charge in [0.2, 0.25) is 0 Å². The fraction of sp³-hybridized carbons (Fsp3) is 0.227. The van der Waals surface area contributed by atoms with Gasteiger partial charge in [0.05, 0.1) is 5.69 Å². The molecule has 0 fully saturated rings. The van der Waals surface area contributed by atoms with Crippen molar-refractivity contribution in [1.29, 1.82) is 0 Å². The van der Waals surface area contributed by atoms with Gasteiger partial charge >= 0.3 is 0 Å². The number of hydrogen-bond acceptors (Lipinski definition) is 2. The number of aromatic nitrogens is 1. The van der Waals surface area contributed by atoms with Crippen LogP contribution in [-0.2, 0) is 6.37 Å². The highest BCUT2D eigenvalue weighted by molar-refractivity contribution is 6.09. The molecule has 0 amide bonds. The smallest absolute Gasteiger partial charge is 0.144 e. The highest BCUT2D eigenvalue weighted by Crippen LogP contribution is 2.35. The minimum Gasteiger partial charge on any atom is -0.455 e. The van der Waals surface area contributed by atoms with E-state index in [9.17, 15) is 0 Å². The summed E-state index contributed by atoms with van der Waals surface area (Å²) < 4.78 is 45.7. The van der Waals surface area contributed by atoms with Gasteiger partial charge in [-0.05, 0) is 54.5 Å². The summed E-state index contributed by atoms with van der Waals surface area (Å²) >= 11 is 0. The molecule has 0 unspecified atom stereocenters. The number of fused-ring (bicyclic) bond motifs is 3. The third kappa shape index (κ3) is 2.58. The van der Waals surface area contributed by atoms with Crippen molar-refractivity contribution in [2.75, 3.05) is 0 Å². The van der Waals surface area contributed by atoms with Crippen LogP contribution in [0.3, 0.4) is 0 Å². The van der Waals surface area contributed by atoms with Crippen LogP contribution in [0.2, 0.25) is 0 Å². The maximum Gasteiger partial charge on any atom is 0.144 e. The van der Waals surface area contributed by atoms with Gasteiger partial charge in [0.15, 0.2) is 0 Å². The first-order valence-corrected chi connectivity index (χ1v) is 8.01. The number of para-hydroxylation sites is 1. The van der Waals surface area contributed by atoms with E-state index in [1.165, 1.54) is 0 Å². The number of aryl methyl sites for hydroxylation is 1. The van der Waals surface area contributed by atoms with Crippen molar-refractivity contribution in [3.63, 3.8) is 0 Å². The van der Waals surface area contributed by atoms with Crippen LogP contribution in [0.1, 0.15) is 31.8 Å². The van der Waals surface area contributed by atoms with E-state index in [1.54, 1.807) is 36.5 Å². The van der Waals surface area contributed by atoms with Crippen molar-refractivity contribution in [2.45, 2.75) is 27.1 Å². The number of nitrogens with zero attached hydrogens (tertiary/aromatic N) is 1. The van der Waals surface area contributed by atoms with Crippen molar-refractivity contribution < 1.29 is 11.3 Å². The van der Waals surface area contributed by atoms with E-state index < -0.39 is 13.2 Å². The topological polar surface area (TPSA) is 26.0 Å². The highest BCUT2D eigenvalue weighted by Gasteiger charge is 2.13. The number of hydrogen-bond donors (Lipinski definition) is 0. The van der Waals surface area contributed by atoms with Gasteiger partial charge in [-0.25, -0.2) is 0 Å². The molecule has 0 aliphatic carbocycles. The molecule has 0 radical (unpaired) electrons. The van der Waals surface area contributed by atoms with Crippen molar-refractivity contribution in [3.05, 3.63) is 65.9 Å². The van der Waals surface area contributed by atoms with Gasteiger partial charge in [-0.3, -0.25) is 4.98 Å². The van der Waals surface area contributed by atoms with Gasteiger partial charge < -0.3 is 4.42 Å². The summed E-state index contributed by atoms with van der Waals surface area (Å²) in [6, 6.07) is 14.1. The Hall–Kier alpha value is -2.61. The molecule has 0 bridgehead atoms. The van der Waals surface area contributed by atoms with E-state index in [0.29, 0.717) is 22.4 Å². The highest BCUT2D eigenvalue weighted by atomic mass is 16.3. The van der Waals surface area contributed by atoms with Crippen LogP contribution in [0.15, 0.2) is 59.1 Å². The Morgan fingerprint density at radius 2 is 2.04 bits per heavy atom. The van der Waals surface area contributed by atoms with Crippen molar-refractivity contribution in [2.24, 2.45) is 5.92 Å². The summed E-state index contributed by atoms with van der Waals surface area (Å²) in [6.45, 7) is 1.50. The van der Waals surface area contributed by atoms with E-state index in [-0.39, 0.29) is 11.5 Å². The molecule has 0 saturated carbocycles. The summed E-state index contributed by atoms with van der Waals surface area (Å²) in [5.41, 5.74) is 3.28. The largest absolute Gasteiger partial charge is 0.455 e. The summed E-state index contributed by atoms with van der Waals surface area (Å²) in [5.74, 6) is -0.182. The SMILES string of the molecule is [2H]C([2H])([2H])c1ccc2c(c1)oc1c(-c3cc(C([2H])([2H])C(C)C)ccn3)cccc12. The van der Waals surface area contributed by atoms with E-state index in [1.807, 2.05) is 32.0 Å².